The molecule has 6 nitrogen and oxygen atoms in total. The number of hydrogen-bond acceptors (Lipinski definition) is 5. The molecule has 6 rings (SSSR count). The van der Waals surface area contributed by atoms with Crippen LogP contribution in [0, 0.1) is 6.92 Å². The Bertz CT molecular complexity index is 1280. The summed E-state index contributed by atoms with van der Waals surface area (Å²) >= 11 is 6.30. The predicted octanol–water partition coefficient (Wildman–Crippen LogP) is 5.80. The number of para-hydroxylation sites is 1. The molecule has 40 heavy (non-hydrogen) atoms. The van der Waals surface area contributed by atoms with Gasteiger partial charge in [-0.25, -0.2) is 0 Å². The van der Waals surface area contributed by atoms with Crippen LogP contribution in [0.5, 0.6) is 0 Å². The van der Waals surface area contributed by atoms with E-state index in [4.69, 9.17) is 16.7 Å². The number of anilines is 1. The Balaban J connectivity index is 0.00000158. The lowest BCUT2D eigenvalue weighted by Crippen LogP contribution is -2.48. The zero-order valence-electron chi connectivity index (χ0n) is 24.7. The first kappa shape index (κ1) is 29.1. The van der Waals surface area contributed by atoms with Gasteiger partial charge in [-0.05, 0) is 69.0 Å². The van der Waals surface area contributed by atoms with E-state index in [0.29, 0.717) is 19.1 Å². The van der Waals surface area contributed by atoms with Crippen molar-refractivity contribution >= 4 is 17.3 Å². The molecular weight excluding hydrogens is 518 g/mol. The highest BCUT2D eigenvalue weighted by molar-refractivity contribution is 6.31. The van der Waals surface area contributed by atoms with E-state index in [-0.39, 0.29) is 0 Å². The molecule has 1 atom stereocenters. The maximum absolute atomic E-state index is 11.2. The Kier molecular flexibility index (Phi) is 9.52. The van der Waals surface area contributed by atoms with Crippen LogP contribution in [0.1, 0.15) is 55.5 Å². The first-order valence-electron chi connectivity index (χ1n) is 15.2. The number of piperidine rings is 1. The van der Waals surface area contributed by atoms with E-state index in [9.17, 15) is 5.11 Å². The molecule has 4 heterocycles. The zero-order valence-corrected chi connectivity index (χ0v) is 25.5. The second-order valence-corrected chi connectivity index (χ2v) is 11.9. The molecule has 3 aromatic rings. The average molecular weight is 564 g/mol. The van der Waals surface area contributed by atoms with Crippen molar-refractivity contribution in [2.45, 2.75) is 78.1 Å². The molecule has 1 aromatic heterocycles. The molecule has 3 aliphatic rings. The number of likely N-dealkylation sites (tertiary alicyclic amines) is 1. The number of fused-ring (bicyclic) bond motifs is 2. The molecule has 1 fully saturated rings. The summed E-state index contributed by atoms with van der Waals surface area (Å²) in [7, 11) is 2.16. The minimum Gasteiger partial charge on any atom is -0.390 e. The van der Waals surface area contributed by atoms with Crippen LogP contribution in [-0.2, 0) is 25.9 Å². The SMILES string of the molecule is CC.Cc1cc(-c2nn(CC(O)CN3CCC(N4CCCc5ccccc54)CC3)c3c2CN(C)CC3)ccc1Cl. The standard InChI is InChI=1S/C31H40ClN5O.C2H6/c1-22-18-24(9-10-28(22)32)31-27-21-34(2)15-13-30(27)37(33-31)20-26(38)19-35-16-11-25(12-17-35)36-14-5-7-23-6-3-4-8-29(23)36;1-2/h3-4,6,8-10,18,25-26,38H,5,7,11-17,19-21H2,1-2H3;1-2H3. The van der Waals surface area contributed by atoms with E-state index in [1.54, 1.807) is 0 Å². The Morgan fingerprint density at radius 1 is 1.00 bits per heavy atom. The quantitative estimate of drug-likeness (QED) is 0.410. The van der Waals surface area contributed by atoms with Crippen LogP contribution >= 0.6 is 11.6 Å². The molecule has 1 N–H and O–H groups in total. The average Bonchev–Trinajstić information content (AvgIpc) is 3.32. The fourth-order valence-electron chi connectivity index (χ4n) is 6.71. The van der Waals surface area contributed by atoms with Crippen molar-refractivity contribution in [3.05, 3.63) is 69.9 Å². The van der Waals surface area contributed by atoms with Gasteiger partial charge in [-0.2, -0.15) is 5.10 Å². The molecule has 0 aliphatic carbocycles. The lowest BCUT2D eigenvalue weighted by molar-refractivity contribution is 0.0810. The molecule has 0 saturated carbocycles. The van der Waals surface area contributed by atoms with Crippen LogP contribution in [-0.4, -0.2) is 76.6 Å². The molecule has 216 valence electrons. The van der Waals surface area contributed by atoms with Crippen molar-refractivity contribution < 1.29 is 5.11 Å². The second kappa shape index (κ2) is 13.1. The number of rotatable bonds is 6. The van der Waals surface area contributed by atoms with Crippen molar-refractivity contribution in [3.8, 4) is 11.3 Å². The topological polar surface area (TPSA) is 47.8 Å². The van der Waals surface area contributed by atoms with Crippen LogP contribution in [0.3, 0.4) is 0 Å². The van der Waals surface area contributed by atoms with Crippen LogP contribution < -0.4 is 4.90 Å². The normalized spacial score (nSPS) is 19.0. The molecule has 0 spiro atoms. The number of aryl methyl sites for hydroxylation is 2. The molecule has 0 bridgehead atoms. The third-order valence-electron chi connectivity index (χ3n) is 8.75. The first-order chi connectivity index (χ1) is 19.5. The predicted molar refractivity (Wildman–Crippen MR) is 166 cm³/mol. The Morgan fingerprint density at radius 3 is 2.55 bits per heavy atom. The fraction of sp³-hybridized carbons (Fsp3) is 0.545. The lowest BCUT2D eigenvalue weighted by Gasteiger charge is -2.42. The number of benzene rings is 2. The van der Waals surface area contributed by atoms with E-state index in [1.165, 1.54) is 41.9 Å². The number of β-amino-alcohol motifs (C(OH)–C–C–N with tert-alkyl or cyclic N) is 1. The van der Waals surface area contributed by atoms with Gasteiger partial charge >= 0.3 is 0 Å². The van der Waals surface area contributed by atoms with E-state index >= 15 is 0 Å². The van der Waals surface area contributed by atoms with Crippen LogP contribution in [0.15, 0.2) is 42.5 Å². The number of likely N-dealkylation sites (N-methyl/N-ethyl adjacent to an activating group) is 1. The van der Waals surface area contributed by atoms with Gasteiger partial charge in [0, 0.05) is 79.3 Å². The molecule has 0 amide bonds. The summed E-state index contributed by atoms with van der Waals surface area (Å²) in [5, 5.41) is 17.0. The summed E-state index contributed by atoms with van der Waals surface area (Å²) in [5.41, 5.74) is 8.70. The van der Waals surface area contributed by atoms with Gasteiger partial charge < -0.3 is 19.8 Å². The monoisotopic (exact) mass is 563 g/mol. The fourth-order valence-corrected chi connectivity index (χ4v) is 6.83. The van der Waals surface area contributed by atoms with Crippen molar-refractivity contribution in [2.24, 2.45) is 0 Å². The maximum Gasteiger partial charge on any atom is 0.0971 e. The van der Waals surface area contributed by atoms with Crippen molar-refractivity contribution in [3.63, 3.8) is 0 Å². The number of nitrogens with zero attached hydrogens (tertiary/aromatic N) is 5. The zero-order chi connectivity index (χ0) is 28.2. The molecule has 2 aromatic carbocycles. The summed E-state index contributed by atoms with van der Waals surface area (Å²) in [6.45, 7) is 12.4. The lowest BCUT2D eigenvalue weighted by atomic mass is 9.96. The molecule has 1 saturated heterocycles. The van der Waals surface area contributed by atoms with Crippen LogP contribution in [0.25, 0.3) is 11.3 Å². The largest absolute Gasteiger partial charge is 0.390 e. The Morgan fingerprint density at radius 2 is 1.77 bits per heavy atom. The highest BCUT2D eigenvalue weighted by Crippen LogP contribution is 2.33. The van der Waals surface area contributed by atoms with Crippen molar-refractivity contribution in [2.75, 3.05) is 44.7 Å². The Hall–Kier alpha value is -2.38. The summed E-state index contributed by atoms with van der Waals surface area (Å²) in [6.07, 6.45) is 5.28. The highest BCUT2D eigenvalue weighted by Gasteiger charge is 2.29. The van der Waals surface area contributed by atoms with E-state index < -0.39 is 6.10 Å². The van der Waals surface area contributed by atoms with Gasteiger partial charge in [0.1, 0.15) is 0 Å². The number of aliphatic hydroxyl groups excluding tert-OH is 1. The van der Waals surface area contributed by atoms with Gasteiger partial charge in [0.25, 0.3) is 0 Å². The highest BCUT2D eigenvalue weighted by atomic mass is 35.5. The smallest absolute Gasteiger partial charge is 0.0971 e. The third-order valence-corrected chi connectivity index (χ3v) is 9.18. The number of aromatic nitrogens is 2. The molecule has 1 unspecified atom stereocenters. The minimum atomic E-state index is -0.439. The maximum atomic E-state index is 11.2. The van der Waals surface area contributed by atoms with Crippen molar-refractivity contribution in [1.82, 2.24) is 19.6 Å². The van der Waals surface area contributed by atoms with Gasteiger partial charge in [-0.3, -0.25) is 4.68 Å². The second-order valence-electron chi connectivity index (χ2n) is 11.5. The number of hydrogen-bond donors (Lipinski definition) is 1. The molecule has 3 aliphatic heterocycles. The van der Waals surface area contributed by atoms with Gasteiger partial charge in [0.05, 0.1) is 18.3 Å². The van der Waals surface area contributed by atoms with Crippen molar-refractivity contribution in [1.29, 1.82) is 0 Å². The summed E-state index contributed by atoms with van der Waals surface area (Å²) in [6, 6.07) is 15.7. The molecule has 7 heteroatoms. The molecular formula is C33H46ClN5O. The van der Waals surface area contributed by atoms with Gasteiger partial charge in [0.15, 0.2) is 0 Å². The van der Waals surface area contributed by atoms with Crippen LogP contribution in [0.4, 0.5) is 5.69 Å². The van der Waals surface area contributed by atoms with Crippen LogP contribution in [0.2, 0.25) is 5.02 Å². The number of aliphatic hydroxyl groups is 1. The summed E-state index contributed by atoms with van der Waals surface area (Å²) < 4.78 is 2.09. The summed E-state index contributed by atoms with van der Waals surface area (Å²) in [4.78, 5) is 7.45. The third kappa shape index (κ3) is 6.25. The van der Waals surface area contributed by atoms with E-state index in [1.807, 2.05) is 26.8 Å². The molecule has 0 radical (unpaired) electrons. The van der Waals surface area contributed by atoms with E-state index in [2.05, 4.69) is 62.8 Å². The number of halogens is 1. The minimum absolute atomic E-state index is 0.439. The van der Waals surface area contributed by atoms with E-state index in [0.717, 1.165) is 67.3 Å². The van der Waals surface area contributed by atoms with Gasteiger partial charge in [0.2, 0.25) is 0 Å². The Labute approximate surface area is 245 Å². The van der Waals surface area contributed by atoms with Gasteiger partial charge in [-0.1, -0.05) is 49.7 Å². The first-order valence-corrected chi connectivity index (χ1v) is 15.6. The van der Waals surface area contributed by atoms with Gasteiger partial charge in [-0.15, -0.1) is 0 Å². The summed E-state index contributed by atoms with van der Waals surface area (Å²) in [5.74, 6) is 0.